The van der Waals surface area contributed by atoms with Gasteiger partial charge in [-0.05, 0) is 37.0 Å². The van der Waals surface area contributed by atoms with Crippen molar-refractivity contribution < 1.29 is 0 Å². The Hall–Kier alpha value is -0.900. The predicted molar refractivity (Wildman–Crippen MR) is 77.7 cm³/mol. The van der Waals surface area contributed by atoms with Gasteiger partial charge in [-0.1, -0.05) is 27.7 Å². The molecule has 1 heterocycles. The molecule has 0 aromatic carbocycles. The van der Waals surface area contributed by atoms with Crippen LogP contribution < -0.4 is 5.73 Å². The molecule has 0 radical (unpaired) electrons. The van der Waals surface area contributed by atoms with Gasteiger partial charge in [0, 0.05) is 18.5 Å². The average molecular weight is 264 g/mol. The lowest BCUT2D eigenvalue weighted by molar-refractivity contribution is 0.106. The highest BCUT2D eigenvalue weighted by Gasteiger charge is 2.41. The lowest BCUT2D eigenvalue weighted by Gasteiger charge is -2.45. The molecule has 2 rings (SSSR count). The molecule has 4 nitrogen and oxygen atoms in total. The zero-order chi connectivity index (χ0) is 14.1. The molecule has 108 valence electrons. The second kappa shape index (κ2) is 5.23. The quantitative estimate of drug-likeness (QED) is 0.909. The molecule has 19 heavy (non-hydrogen) atoms. The highest BCUT2D eigenvalue weighted by Crippen LogP contribution is 2.43. The highest BCUT2D eigenvalue weighted by molar-refractivity contribution is 5.03. The maximum absolute atomic E-state index is 6.70. The van der Waals surface area contributed by atoms with Crippen molar-refractivity contribution in [3.05, 3.63) is 12.2 Å². The van der Waals surface area contributed by atoms with Crippen LogP contribution in [0.1, 0.15) is 59.2 Å². The summed E-state index contributed by atoms with van der Waals surface area (Å²) >= 11 is 0. The Kier molecular flexibility index (Phi) is 4.00. The van der Waals surface area contributed by atoms with Crippen molar-refractivity contribution in [2.45, 2.75) is 71.9 Å². The molecule has 2 unspecified atom stereocenters. The molecule has 0 saturated heterocycles. The van der Waals surface area contributed by atoms with E-state index in [4.69, 9.17) is 5.73 Å². The molecule has 4 heteroatoms. The molecule has 0 aliphatic heterocycles. The van der Waals surface area contributed by atoms with Gasteiger partial charge >= 0.3 is 0 Å². The summed E-state index contributed by atoms with van der Waals surface area (Å²) in [6.07, 6.45) is 7.02. The Morgan fingerprint density at radius 2 is 2.16 bits per heavy atom. The predicted octanol–water partition coefficient (Wildman–Crippen LogP) is 2.77. The molecule has 0 spiro atoms. The molecule has 2 N–H and O–H groups in total. The maximum Gasteiger partial charge on any atom is 0.138 e. The van der Waals surface area contributed by atoms with E-state index in [1.54, 1.807) is 6.33 Å². The van der Waals surface area contributed by atoms with E-state index in [0.29, 0.717) is 11.3 Å². The Morgan fingerprint density at radius 3 is 2.79 bits per heavy atom. The zero-order valence-corrected chi connectivity index (χ0v) is 12.8. The molecule has 1 saturated carbocycles. The summed E-state index contributed by atoms with van der Waals surface area (Å²) in [4.78, 5) is 4.42. The minimum absolute atomic E-state index is 0.125. The van der Waals surface area contributed by atoms with Gasteiger partial charge in [0.1, 0.15) is 12.2 Å². The monoisotopic (exact) mass is 264 g/mol. The van der Waals surface area contributed by atoms with Gasteiger partial charge in [-0.25, -0.2) is 4.98 Å². The first-order valence-corrected chi connectivity index (χ1v) is 7.49. The van der Waals surface area contributed by atoms with Crippen LogP contribution in [0.5, 0.6) is 0 Å². The third-order valence-electron chi connectivity index (χ3n) is 4.13. The normalized spacial score (nSPS) is 30.5. The van der Waals surface area contributed by atoms with Gasteiger partial charge in [0.2, 0.25) is 0 Å². The van der Waals surface area contributed by atoms with Crippen molar-refractivity contribution in [2.75, 3.05) is 0 Å². The van der Waals surface area contributed by atoms with Crippen molar-refractivity contribution >= 4 is 0 Å². The number of hydrogen-bond acceptors (Lipinski definition) is 3. The van der Waals surface area contributed by atoms with Crippen molar-refractivity contribution in [2.24, 2.45) is 17.1 Å². The number of rotatable bonds is 4. The Morgan fingerprint density at radius 1 is 1.42 bits per heavy atom. The third kappa shape index (κ3) is 3.56. The Labute approximate surface area is 116 Å². The summed E-state index contributed by atoms with van der Waals surface area (Å²) in [7, 11) is 0. The van der Waals surface area contributed by atoms with Crippen LogP contribution in [0.25, 0.3) is 0 Å². The van der Waals surface area contributed by atoms with E-state index in [1.807, 2.05) is 4.68 Å². The van der Waals surface area contributed by atoms with E-state index < -0.39 is 0 Å². The molecular formula is C15H28N4. The van der Waals surface area contributed by atoms with E-state index in [9.17, 15) is 0 Å². The second-order valence-electron chi connectivity index (χ2n) is 7.29. The van der Waals surface area contributed by atoms with Gasteiger partial charge in [-0.15, -0.1) is 0 Å². The molecule has 1 aliphatic rings. The van der Waals surface area contributed by atoms with Crippen molar-refractivity contribution in [1.29, 1.82) is 0 Å². The molecule has 1 aromatic heterocycles. The first-order chi connectivity index (χ1) is 8.84. The number of hydrogen-bond donors (Lipinski definition) is 1. The van der Waals surface area contributed by atoms with Crippen LogP contribution in [0.3, 0.4) is 0 Å². The minimum Gasteiger partial charge on any atom is -0.325 e. The standard InChI is InChI=1S/C15H28N4/c1-5-6-19-13(17-11-18-19)9-15(16)8-12(2)7-14(3,4)10-15/h11-12H,5-10,16H2,1-4H3. The van der Waals surface area contributed by atoms with Gasteiger partial charge in [0.15, 0.2) is 0 Å². The van der Waals surface area contributed by atoms with E-state index in [-0.39, 0.29) is 5.54 Å². The lowest BCUT2D eigenvalue weighted by atomic mass is 9.63. The summed E-state index contributed by atoms with van der Waals surface area (Å²) in [5.41, 5.74) is 6.91. The molecule has 1 fully saturated rings. The van der Waals surface area contributed by atoms with E-state index in [1.165, 1.54) is 6.42 Å². The van der Waals surface area contributed by atoms with Gasteiger partial charge in [0.25, 0.3) is 0 Å². The third-order valence-corrected chi connectivity index (χ3v) is 4.13. The summed E-state index contributed by atoms with van der Waals surface area (Å²) < 4.78 is 2.01. The highest BCUT2D eigenvalue weighted by atomic mass is 15.3. The fraction of sp³-hybridized carbons (Fsp3) is 0.867. The van der Waals surface area contributed by atoms with Gasteiger partial charge in [-0.3, -0.25) is 4.68 Å². The van der Waals surface area contributed by atoms with Crippen LogP contribution in [0, 0.1) is 11.3 Å². The maximum atomic E-state index is 6.70. The van der Waals surface area contributed by atoms with Crippen LogP contribution in [-0.4, -0.2) is 20.3 Å². The van der Waals surface area contributed by atoms with Crippen molar-refractivity contribution in [1.82, 2.24) is 14.8 Å². The number of aryl methyl sites for hydroxylation is 1. The smallest absolute Gasteiger partial charge is 0.138 e. The zero-order valence-electron chi connectivity index (χ0n) is 12.8. The summed E-state index contributed by atoms with van der Waals surface area (Å²) in [5.74, 6) is 1.74. The van der Waals surface area contributed by atoms with Crippen molar-refractivity contribution in [3.63, 3.8) is 0 Å². The van der Waals surface area contributed by atoms with Crippen LogP contribution in [0.4, 0.5) is 0 Å². The van der Waals surface area contributed by atoms with Gasteiger partial charge in [-0.2, -0.15) is 5.10 Å². The average Bonchev–Trinajstić information content (AvgIpc) is 2.61. The first kappa shape index (κ1) is 14.5. The van der Waals surface area contributed by atoms with Gasteiger partial charge < -0.3 is 5.73 Å². The molecule has 1 aromatic rings. The summed E-state index contributed by atoms with van der Waals surface area (Å²) in [5, 5.41) is 4.31. The van der Waals surface area contributed by atoms with Crippen LogP contribution in [0.2, 0.25) is 0 Å². The summed E-state index contributed by atoms with van der Waals surface area (Å²) in [6.45, 7) is 10.1. The second-order valence-corrected chi connectivity index (χ2v) is 7.29. The molecule has 0 amide bonds. The number of nitrogens with zero attached hydrogens (tertiary/aromatic N) is 3. The van der Waals surface area contributed by atoms with E-state index in [2.05, 4.69) is 37.8 Å². The summed E-state index contributed by atoms with van der Waals surface area (Å²) in [6, 6.07) is 0. The van der Waals surface area contributed by atoms with Crippen LogP contribution in [0.15, 0.2) is 6.33 Å². The first-order valence-electron chi connectivity index (χ1n) is 7.49. The molecule has 1 aliphatic carbocycles. The number of nitrogens with two attached hydrogens (primary N) is 1. The van der Waals surface area contributed by atoms with Crippen LogP contribution >= 0.6 is 0 Å². The number of aromatic nitrogens is 3. The van der Waals surface area contributed by atoms with Crippen LogP contribution in [-0.2, 0) is 13.0 Å². The van der Waals surface area contributed by atoms with Crippen molar-refractivity contribution in [3.8, 4) is 0 Å². The van der Waals surface area contributed by atoms with E-state index in [0.717, 1.165) is 38.1 Å². The topological polar surface area (TPSA) is 56.7 Å². The lowest BCUT2D eigenvalue weighted by Crippen LogP contribution is -2.51. The SMILES string of the molecule is CCCn1ncnc1CC1(N)CC(C)CC(C)(C)C1. The molecule has 0 bridgehead atoms. The molecular weight excluding hydrogens is 236 g/mol. The minimum atomic E-state index is -0.125. The van der Waals surface area contributed by atoms with Gasteiger partial charge in [0.05, 0.1) is 0 Å². The largest absolute Gasteiger partial charge is 0.325 e. The molecule has 2 atom stereocenters. The van der Waals surface area contributed by atoms with E-state index >= 15 is 0 Å². The fourth-order valence-electron chi connectivity index (χ4n) is 4.08. The Bertz CT molecular complexity index is 424. The fourth-order valence-corrected chi connectivity index (χ4v) is 4.08. The Balaban J connectivity index is 2.14.